The number of hydrogen-bond acceptors (Lipinski definition) is 3. The maximum absolute atomic E-state index is 11.6. The van der Waals surface area contributed by atoms with E-state index in [0.29, 0.717) is 10.6 Å². The molecule has 0 bridgehead atoms. The van der Waals surface area contributed by atoms with E-state index in [4.69, 9.17) is 11.6 Å². The zero-order chi connectivity index (χ0) is 12.1. The van der Waals surface area contributed by atoms with E-state index in [2.05, 4.69) is 5.32 Å². The molecular formula is C13H10ClNOS. The number of thiophene rings is 1. The molecule has 0 aliphatic rings. The minimum absolute atomic E-state index is 0.0224. The molecule has 0 atom stereocenters. The average Bonchev–Trinajstić information content (AvgIpc) is 2.85. The molecule has 2 rings (SSSR count). The normalized spacial score (nSPS) is 10.6. The zero-order valence-corrected chi connectivity index (χ0v) is 10.5. The number of benzene rings is 1. The Hall–Kier alpha value is -1.58. The second-order valence-corrected chi connectivity index (χ2v) is 4.52. The fraction of sp³-hybridized carbons (Fsp3) is 0. The van der Waals surface area contributed by atoms with Gasteiger partial charge in [-0.15, -0.1) is 0 Å². The SMILES string of the molecule is O=C(/C=C\Nc1ccccc1Cl)c1ccsc1. The van der Waals surface area contributed by atoms with Gasteiger partial charge in [0.2, 0.25) is 0 Å². The van der Waals surface area contributed by atoms with Crippen LogP contribution >= 0.6 is 22.9 Å². The molecule has 2 nitrogen and oxygen atoms in total. The first kappa shape index (κ1) is 11.9. The van der Waals surface area contributed by atoms with Crippen LogP contribution in [-0.4, -0.2) is 5.78 Å². The molecule has 1 heterocycles. The molecule has 0 spiro atoms. The molecule has 0 saturated heterocycles. The highest BCUT2D eigenvalue weighted by Gasteiger charge is 2.00. The summed E-state index contributed by atoms with van der Waals surface area (Å²) in [4.78, 5) is 11.6. The van der Waals surface area contributed by atoms with Crippen LogP contribution in [0.2, 0.25) is 5.02 Å². The van der Waals surface area contributed by atoms with Crippen LogP contribution in [-0.2, 0) is 0 Å². The Morgan fingerprint density at radius 1 is 1.29 bits per heavy atom. The molecule has 17 heavy (non-hydrogen) atoms. The van der Waals surface area contributed by atoms with Crippen molar-refractivity contribution in [1.82, 2.24) is 0 Å². The number of ketones is 1. The number of para-hydroxylation sites is 1. The quantitative estimate of drug-likeness (QED) is 0.661. The van der Waals surface area contributed by atoms with Gasteiger partial charge in [0.1, 0.15) is 0 Å². The Balaban J connectivity index is 1.99. The fourth-order valence-corrected chi connectivity index (χ4v) is 2.12. The van der Waals surface area contributed by atoms with Crippen molar-refractivity contribution >= 4 is 34.4 Å². The van der Waals surface area contributed by atoms with Crippen LogP contribution in [0.5, 0.6) is 0 Å². The minimum Gasteiger partial charge on any atom is -0.360 e. The first-order valence-corrected chi connectivity index (χ1v) is 6.33. The predicted octanol–water partition coefficient (Wildman–Crippen LogP) is 4.21. The van der Waals surface area contributed by atoms with E-state index in [9.17, 15) is 4.79 Å². The van der Waals surface area contributed by atoms with Crippen molar-refractivity contribution in [1.29, 1.82) is 0 Å². The molecule has 0 radical (unpaired) electrons. The van der Waals surface area contributed by atoms with Crippen molar-refractivity contribution < 1.29 is 4.79 Å². The maximum Gasteiger partial charge on any atom is 0.188 e. The van der Waals surface area contributed by atoms with Crippen LogP contribution in [0.4, 0.5) is 5.69 Å². The Morgan fingerprint density at radius 2 is 2.12 bits per heavy atom. The van der Waals surface area contributed by atoms with Crippen molar-refractivity contribution in [3.63, 3.8) is 0 Å². The third-order valence-corrected chi connectivity index (χ3v) is 3.17. The van der Waals surface area contributed by atoms with Gasteiger partial charge in [0.25, 0.3) is 0 Å². The number of carbonyl (C=O) groups is 1. The minimum atomic E-state index is -0.0224. The topological polar surface area (TPSA) is 29.1 Å². The maximum atomic E-state index is 11.6. The standard InChI is InChI=1S/C13H10ClNOS/c14-11-3-1-2-4-12(11)15-7-5-13(16)10-6-8-17-9-10/h1-9,15H/b7-5-. The van der Waals surface area contributed by atoms with Crippen LogP contribution in [0.15, 0.2) is 53.4 Å². The summed E-state index contributed by atoms with van der Waals surface area (Å²) in [5, 5.41) is 7.30. The average molecular weight is 264 g/mol. The van der Waals surface area contributed by atoms with Gasteiger partial charge in [0.15, 0.2) is 5.78 Å². The molecule has 1 N–H and O–H groups in total. The highest BCUT2D eigenvalue weighted by molar-refractivity contribution is 7.08. The number of rotatable bonds is 4. The van der Waals surface area contributed by atoms with Crippen LogP contribution in [0.25, 0.3) is 0 Å². The summed E-state index contributed by atoms with van der Waals surface area (Å²) in [6.07, 6.45) is 3.09. The van der Waals surface area contributed by atoms with Crippen LogP contribution in [0.3, 0.4) is 0 Å². The highest BCUT2D eigenvalue weighted by atomic mass is 35.5. The van der Waals surface area contributed by atoms with E-state index in [1.807, 2.05) is 29.0 Å². The van der Waals surface area contributed by atoms with E-state index < -0.39 is 0 Å². The lowest BCUT2D eigenvalue weighted by molar-refractivity contribution is 0.104. The highest BCUT2D eigenvalue weighted by Crippen LogP contribution is 2.20. The fourth-order valence-electron chi connectivity index (χ4n) is 1.29. The smallest absolute Gasteiger partial charge is 0.188 e. The molecule has 1 aromatic heterocycles. The molecule has 0 aliphatic heterocycles. The van der Waals surface area contributed by atoms with E-state index >= 15 is 0 Å². The first-order chi connectivity index (χ1) is 8.27. The monoisotopic (exact) mass is 263 g/mol. The van der Waals surface area contributed by atoms with Crippen molar-refractivity contribution in [3.8, 4) is 0 Å². The predicted molar refractivity (Wildman–Crippen MR) is 72.9 cm³/mol. The second-order valence-electron chi connectivity index (χ2n) is 3.33. The number of allylic oxidation sites excluding steroid dienone is 1. The lowest BCUT2D eigenvalue weighted by Crippen LogP contribution is -1.94. The van der Waals surface area contributed by atoms with E-state index in [0.717, 1.165) is 5.69 Å². The number of carbonyl (C=O) groups excluding carboxylic acids is 1. The zero-order valence-electron chi connectivity index (χ0n) is 8.89. The van der Waals surface area contributed by atoms with Crippen molar-refractivity contribution in [2.75, 3.05) is 5.32 Å². The number of hydrogen-bond donors (Lipinski definition) is 1. The Kier molecular flexibility index (Phi) is 3.96. The van der Waals surface area contributed by atoms with E-state index in [-0.39, 0.29) is 5.78 Å². The largest absolute Gasteiger partial charge is 0.360 e. The molecule has 0 fully saturated rings. The van der Waals surface area contributed by atoms with Gasteiger partial charge in [0, 0.05) is 23.2 Å². The summed E-state index contributed by atoms with van der Waals surface area (Å²) < 4.78 is 0. The summed E-state index contributed by atoms with van der Waals surface area (Å²) >= 11 is 7.46. The molecule has 0 amide bonds. The number of nitrogens with one attached hydrogen (secondary N) is 1. The summed E-state index contributed by atoms with van der Waals surface area (Å²) in [5.74, 6) is -0.0224. The summed E-state index contributed by atoms with van der Waals surface area (Å²) in [6, 6.07) is 9.17. The third kappa shape index (κ3) is 3.19. The molecule has 0 unspecified atom stereocenters. The third-order valence-electron chi connectivity index (χ3n) is 2.15. The van der Waals surface area contributed by atoms with E-state index in [1.165, 1.54) is 17.4 Å². The molecule has 86 valence electrons. The summed E-state index contributed by atoms with van der Waals surface area (Å²) in [7, 11) is 0. The van der Waals surface area contributed by atoms with Gasteiger partial charge in [-0.05, 0) is 23.6 Å². The van der Waals surface area contributed by atoms with Crippen LogP contribution < -0.4 is 5.32 Å². The van der Waals surface area contributed by atoms with Crippen molar-refractivity contribution in [2.24, 2.45) is 0 Å². The van der Waals surface area contributed by atoms with Gasteiger partial charge >= 0.3 is 0 Å². The number of halogens is 1. The number of anilines is 1. The first-order valence-electron chi connectivity index (χ1n) is 5.01. The van der Waals surface area contributed by atoms with Crippen LogP contribution in [0, 0.1) is 0 Å². The lowest BCUT2D eigenvalue weighted by Gasteiger charge is -2.01. The Morgan fingerprint density at radius 3 is 2.82 bits per heavy atom. The molecule has 0 aliphatic carbocycles. The van der Waals surface area contributed by atoms with Crippen LogP contribution in [0.1, 0.15) is 10.4 Å². The van der Waals surface area contributed by atoms with Gasteiger partial charge in [0.05, 0.1) is 10.7 Å². The van der Waals surface area contributed by atoms with Gasteiger partial charge in [-0.1, -0.05) is 23.7 Å². The molecule has 2 aromatic rings. The molecular weight excluding hydrogens is 254 g/mol. The van der Waals surface area contributed by atoms with Crippen molar-refractivity contribution in [2.45, 2.75) is 0 Å². The van der Waals surface area contributed by atoms with Crippen molar-refractivity contribution in [3.05, 3.63) is 64.0 Å². The lowest BCUT2D eigenvalue weighted by atomic mass is 10.2. The van der Waals surface area contributed by atoms with E-state index in [1.54, 1.807) is 18.3 Å². The molecule has 4 heteroatoms. The Labute approximate surface area is 109 Å². The van der Waals surface area contributed by atoms with Gasteiger partial charge in [-0.3, -0.25) is 4.79 Å². The van der Waals surface area contributed by atoms with Gasteiger partial charge < -0.3 is 5.32 Å². The van der Waals surface area contributed by atoms with Gasteiger partial charge in [-0.25, -0.2) is 0 Å². The summed E-state index contributed by atoms with van der Waals surface area (Å²) in [5.41, 5.74) is 1.48. The molecule has 0 saturated carbocycles. The summed E-state index contributed by atoms with van der Waals surface area (Å²) in [6.45, 7) is 0. The van der Waals surface area contributed by atoms with Gasteiger partial charge in [-0.2, -0.15) is 11.3 Å². The second kappa shape index (κ2) is 5.66. The Bertz CT molecular complexity index is 534. The molecule has 1 aromatic carbocycles.